The lowest BCUT2D eigenvalue weighted by Gasteiger charge is -1.97. The van der Waals surface area contributed by atoms with Gasteiger partial charge in [0.2, 0.25) is 5.91 Å². The van der Waals surface area contributed by atoms with Crippen LogP contribution in [-0.2, 0) is 4.79 Å². The molecule has 0 saturated carbocycles. The number of aromatic amines is 1. The van der Waals surface area contributed by atoms with Crippen LogP contribution in [0.4, 0.5) is 0 Å². The number of fused-ring (bicyclic) bond motifs is 3. The van der Waals surface area contributed by atoms with Gasteiger partial charge < -0.3 is 10.3 Å². The number of para-hydroxylation sites is 1. The topological polar surface area (TPSA) is 44.9 Å². The van der Waals surface area contributed by atoms with Crippen LogP contribution in [0.2, 0.25) is 0 Å². The average Bonchev–Trinajstić information content (AvgIpc) is 2.81. The smallest absolute Gasteiger partial charge is 0.217 e. The van der Waals surface area contributed by atoms with Crippen molar-refractivity contribution in [1.82, 2.24) is 10.3 Å². The minimum Gasteiger partial charge on any atom is -0.354 e. The number of H-pyrrole nitrogens is 1. The van der Waals surface area contributed by atoms with Crippen molar-refractivity contribution >= 4 is 33.8 Å². The van der Waals surface area contributed by atoms with Crippen molar-refractivity contribution in [2.75, 3.05) is 6.54 Å². The van der Waals surface area contributed by atoms with Crippen LogP contribution in [0.15, 0.2) is 48.5 Å². The van der Waals surface area contributed by atoms with Gasteiger partial charge in [0.15, 0.2) is 0 Å². The summed E-state index contributed by atoms with van der Waals surface area (Å²) < 4.78 is 0. The minimum atomic E-state index is -0.0132. The average molecular weight is 264 g/mol. The van der Waals surface area contributed by atoms with E-state index in [1.165, 1.54) is 17.7 Å². The molecule has 0 saturated heterocycles. The molecule has 0 aliphatic rings. The number of amides is 1. The Morgan fingerprint density at radius 1 is 1.15 bits per heavy atom. The van der Waals surface area contributed by atoms with Crippen LogP contribution >= 0.6 is 0 Å². The maximum atomic E-state index is 10.8. The fraction of sp³-hybridized carbons (Fsp3) is 0.118. The van der Waals surface area contributed by atoms with E-state index in [0.29, 0.717) is 6.54 Å². The highest BCUT2D eigenvalue weighted by Gasteiger charge is 2.02. The van der Waals surface area contributed by atoms with Gasteiger partial charge in [-0.1, -0.05) is 42.5 Å². The van der Waals surface area contributed by atoms with Crippen LogP contribution < -0.4 is 5.32 Å². The first kappa shape index (κ1) is 12.5. The SMILES string of the molecule is CC(=O)NCC=Cc1ccc2c(c1)[nH]c1ccccc12. The van der Waals surface area contributed by atoms with Crippen molar-refractivity contribution in [3.05, 3.63) is 54.1 Å². The third kappa shape index (κ3) is 2.43. The molecule has 3 heteroatoms. The molecule has 0 aliphatic carbocycles. The fourth-order valence-electron chi connectivity index (χ4n) is 2.37. The summed E-state index contributed by atoms with van der Waals surface area (Å²) in [7, 11) is 0. The van der Waals surface area contributed by atoms with Crippen molar-refractivity contribution in [2.45, 2.75) is 6.92 Å². The zero-order valence-corrected chi connectivity index (χ0v) is 11.3. The first-order valence-corrected chi connectivity index (χ1v) is 6.65. The number of rotatable bonds is 3. The normalized spacial score (nSPS) is 11.4. The number of nitrogens with one attached hydrogen (secondary N) is 2. The van der Waals surface area contributed by atoms with Crippen molar-refractivity contribution in [1.29, 1.82) is 0 Å². The molecule has 0 unspecified atom stereocenters. The van der Waals surface area contributed by atoms with Gasteiger partial charge in [0, 0.05) is 35.3 Å². The molecule has 100 valence electrons. The maximum Gasteiger partial charge on any atom is 0.217 e. The molecule has 0 atom stereocenters. The zero-order chi connectivity index (χ0) is 13.9. The molecule has 0 fully saturated rings. The van der Waals surface area contributed by atoms with E-state index < -0.39 is 0 Å². The Balaban J connectivity index is 1.91. The Morgan fingerprint density at radius 3 is 2.80 bits per heavy atom. The van der Waals surface area contributed by atoms with E-state index in [1.54, 1.807) is 0 Å². The molecule has 0 spiro atoms. The largest absolute Gasteiger partial charge is 0.354 e. The van der Waals surface area contributed by atoms with Crippen molar-refractivity contribution in [3.8, 4) is 0 Å². The van der Waals surface area contributed by atoms with Gasteiger partial charge in [0.05, 0.1) is 0 Å². The maximum absolute atomic E-state index is 10.8. The molecule has 0 aliphatic heterocycles. The second kappa shape index (κ2) is 5.21. The summed E-state index contributed by atoms with van der Waals surface area (Å²) >= 11 is 0. The molecule has 0 radical (unpaired) electrons. The van der Waals surface area contributed by atoms with Crippen LogP contribution in [0.1, 0.15) is 12.5 Å². The van der Waals surface area contributed by atoms with E-state index in [2.05, 4.69) is 46.7 Å². The summed E-state index contributed by atoms with van der Waals surface area (Å²) in [6.07, 6.45) is 3.96. The molecule has 1 heterocycles. The Kier molecular flexibility index (Phi) is 3.25. The van der Waals surface area contributed by atoms with E-state index >= 15 is 0 Å². The van der Waals surface area contributed by atoms with E-state index in [4.69, 9.17) is 0 Å². The lowest BCUT2D eigenvalue weighted by atomic mass is 10.1. The van der Waals surface area contributed by atoms with Crippen molar-refractivity contribution in [2.24, 2.45) is 0 Å². The lowest BCUT2D eigenvalue weighted by molar-refractivity contribution is -0.118. The van der Waals surface area contributed by atoms with E-state index in [0.717, 1.165) is 16.6 Å². The van der Waals surface area contributed by atoms with Gasteiger partial charge in [0.1, 0.15) is 0 Å². The Morgan fingerprint density at radius 2 is 1.95 bits per heavy atom. The third-order valence-electron chi connectivity index (χ3n) is 3.31. The highest BCUT2D eigenvalue weighted by molar-refractivity contribution is 6.07. The Labute approximate surface area is 117 Å². The molecule has 1 aromatic heterocycles. The number of benzene rings is 2. The highest BCUT2D eigenvalue weighted by atomic mass is 16.1. The van der Waals surface area contributed by atoms with Gasteiger partial charge >= 0.3 is 0 Å². The first-order chi connectivity index (χ1) is 9.74. The first-order valence-electron chi connectivity index (χ1n) is 6.65. The van der Waals surface area contributed by atoms with Crippen LogP contribution in [0.25, 0.3) is 27.9 Å². The predicted molar refractivity (Wildman–Crippen MR) is 83.5 cm³/mol. The molecule has 2 N–H and O–H groups in total. The number of carbonyl (C=O) groups excluding carboxylic acids is 1. The molecular weight excluding hydrogens is 248 g/mol. The van der Waals surface area contributed by atoms with Gasteiger partial charge in [-0.3, -0.25) is 4.79 Å². The molecule has 0 bridgehead atoms. The standard InChI is InChI=1S/C17H16N2O/c1-12(20)18-10-4-5-13-8-9-15-14-6-2-3-7-16(14)19-17(15)11-13/h2-9,11,19H,10H2,1H3,(H,18,20). The van der Waals surface area contributed by atoms with Gasteiger partial charge in [-0.05, 0) is 17.7 Å². The number of carbonyl (C=O) groups is 1. The van der Waals surface area contributed by atoms with Crippen LogP contribution in [0, 0.1) is 0 Å². The monoisotopic (exact) mass is 264 g/mol. The predicted octanol–water partition coefficient (Wildman–Crippen LogP) is 3.47. The Hall–Kier alpha value is -2.55. The third-order valence-corrected chi connectivity index (χ3v) is 3.31. The Bertz CT molecular complexity index is 799. The number of hydrogen-bond acceptors (Lipinski definition) is 1. The summed E-state index contributed by atoms with van der Waals surface area (Å²) in [5, 5.41) is 5.22. The second-order valence-electron chi connectivity index (χ2n) is 4.82. The molecular formula is C17H16N2O. The minimum absolute atomic E-state index is 0.0132. The van der Waals surface area contributed by atoms with Gasteiger partial charge in [0.25, 0.3) is 0 Å². The van der Waals surface area contributed by atoms with Crippen molar-refractivity contribution in [3.63, 3.8) is 0 Å². The molecule has 1 amide bonds. The fourth-order valence-corrected chi connectivity index (χ4v) is 2.37. The second-order valence-corrected chi connectivity index (χ2v) is 4.82. The number of hydrogen-bond donors (Lipinski definition) is 2. The van der Waals surface area contributed by atoms with Gasteiger partial charge in [-0.2, -0.15) is 0 Å². The molecule has 3 aromatic rings. The number of aromatic nitrogens is 1. The zero-order valence-electron chi connectivity index (χ0n) is 11.3. The van der Waals surface area contributed by atoms with Crippen molar-refractivity contribution < 1.29 is 4.79 Å². The molecule has 2 aromatic carbocycles. The molecule has 3 nitrogen and oxygen atoms in total. The van der Waals surface area contributed by atoms with Gasteiger partial charge in [-0.15, -0.1) is 0 Å². The summed E-state index contributed by atoms with van der Waals surface area (Å²) in [4.78, 5) is 14.2. The summed E-state index contributed by atoms with van der Waals surface area (Å²) in [5.74, 6) is -0.0132. The van der Waals surface area contributed by atoms with Crippen LogP contribution in [-0.4, -0.2) is 17.4 Å². The van der Waals surface area contributed by atoms with Gasteiger partial charge in [-0.25, -0.2) is 0 Å². The van der Waals surface area contributed by atoms with Crippen LogP contribution in [0.3, 0.4) is 0 Å². The summed E-state index contributed by atoms with van der Waals surface area (Å²) in [5.41, 5.74) is 3.41. The highest BCUT2D eigenvalue weighted by Crippen LogP contribution is 2.26. The quantitative estimate of drug-likeness (QED) is 0.747. The van der Waals surface area contributed by atoms with E-state index in [1.807, 2.05) is 18.2 Å². The van der Waals surface area contributed by atoms with E-state index in [9.17, 15) is 4.79 Å². The van der Waals surface area contributed by atoms with E-state index in [-0.39, 0.29) is 5.91 Å². The lowest BCUT2D eigenvalue weighted by Crippen LogP contribution is -2.19. The molecule has 20 heavy (non-hydrogen) atoms. The summed E-state index contributed by atoms with van der Waals surface area (Å²) in [6.45, 7) is 2.07. The summed E-state index contributed by atoms with van der Waals surface area (Å²) in [6, 6.07) is 14.6. The molecule has 3 rings (SSSR count). The van der Waals surface area contributed by atoms with Crippen LogP contribution in [0.5, 0.6) is 0 Å².